The summed E-state index contributed by atoms with van der Waals surface area (Å²) in [7, 11) is 0. The van der Waals surface area contributed by atoms with Crippen molar-refractivity contribution < 1.29 is 5.11 Å². The maximum atomic E-state index is 9.58. The number of hydrogen-bond donors (Lipinski definition) is 2. The smallest absolute Gasteiger partial charge is 0.0693 e. The molecule has 1 aliphatic carbocycles. The lowest BCUT2D eigenvalue weighted by atomic mass is 9.92. The molecule has 2 nitrogen and oxygen atoms in total. The van der Waals surface area contributed by atoms with E-state index in [4.69, 9.17) is 0 Å². The van der Waals surface area contributed by atoms with E-state index in [9.17, 15) is 5.11 Å². The van der Waals surface area contributed by atoms with Crippen LogP contribution in [0, 0.1) is 0 Å². The Bertz CT molecular complexity index is 136. The summed E-state index contributed by atoms with van der Waals surface area (Å²) in [6.45, 7) is 4.61. The van der Waals surface area contributed by atoms with Gasteiger partial charge in [-0.25, -0.2) is 0 Å². The van der Waals surface area contributed by atoms with E-state index < -0.39 is 0 Å². The van der Waals surface area contributed by atoms with Crippen LogP contribution in [0.5, 0.6) is 0 Å². The fourth-order valence-electron chi connectivity index (χ4n) is 1.72. The summed E-state index contributed by atoms with van der Waals surface area (Å²) in [6, 6.07) is 0.332. The Morgan fingerprint density at radius 2 is 2.17 bits per heavy atom. The quantitative estimate of drug-likeness (QED) is 0.493. The summed E-state index contributed by atoms with van der Waals surface area (Å²) in [5, 5.41) is 12.9. The van der Waals surface area contributed by atoms with Crippen LogP contribution < -0.4 is 5.32 Å². The molecule has 0 aliphatic heterocycles. The van der Waals surface area contributed by atoms with Gasteiger partial charge in [0, 0.05) is 6.04 Å². The average Bonchev–Trinajstić information content (AvgIpc) is 2.09. The molecule has 0 bridgehead atoms. The van der Waals surface area contributed by atoms with E-state index >= 15 is 0 Å². The number of aliphatic hydroxyl groups is 1. The van der Waals surface area contributed by atoms with Gasteiger partial charge in [0.05, 0.1) is 6.10 Å². The monoisotopic (exact) mass is 169 g/mol. The molecular weight excluding hydrogens is 150 g/mol. The molecule has 0 heterocycles. The standard InChI is InChI=1S/C10H19NO/c1-2-3-8-11-9-6-4-5-7-10(9)12/h2,9-12H,1,3-8H2. The lowest BCUT2D eigenvalue weighted by Crippen LogP contribution is -2.42. The molecular formula is C10H19NO. The van der Waals surface area contributed by atoms with Crippen molar-refractivity contribution in [3.05, 3.63) is 12.7 Å². The summed E-state index contributed by atoms with van der Waals surface area (Å²) in [5.74, 6) is 0. The summed E-state index contributed by atoms with van der Waals surface area (Å²) in [4.78, 5) is 0. The molecule has 0 spiro atoms. The third kappa shape index (κ3) is 2.95. The first-order chi connectivity index (χ1) is 5.84. The van der Waals surface area contributed by atoms with E-state index in [1.807, 2.05) is 6.08 Å². The largest absolute Gasteiger partial charge is 0.392 e. The van der Waals surface area contributed by atoms with E-state index in [1.54, 1.807) is 0 Å². The van der Waals surface area contributed by atoms with Crippen molar-refractivity contribution in [2.75, 3.05) is 6.54 Å². The Labute approximate surface area is 74.7 Å². The molecule has 0 aromatic heterocycles. The first-order valence-electron chi connectivity index (χ1n) is 4.87. The molecule has 0 amide bonds. The van der Waals surface area contributed by atoms with Gasteiger partial charge in [-0.15, -0.1) is 6.58 Å². The fourth-order valence-corrected chi connectivity index (χ4v) is 1.72. The van der Waals surface area contributed by atoms with Crippen LogP contribution in [-0.4, -0.2) is 23.8 Å². The van der Waals surface area contributed by atoms with Gasteiger partial charge >= 0.3 is 0 Å². The Balaban J connectivity index is 2.15. The lowest BCUT2D eigenvalue weighted by molar-refractivity contribution is 0.0915. The Kier molecular flexibility index (Phi) is 4.33. The number of hydrogen-bond acceptors (Lipinski definition) is 2. The zero-order chi connectivity index (χ0) is 8.81. The van der Waals surface area contributed by atoms with Gasteiger partial charge in [-0.1, -0.05) is 18.9 Å². The molecule has 2 unspecified atom stereocenters. The van der Waals surface area contributed by atoms with Gasteiger partial charge in [-0.05, 0) is 25.8 Å². The molecule has 1 saturated carbocycles. The molecule has 2 N–H and O–H groups in total. The zero-order valence-corrected chi connectivity index (χ0v) is 7.63. The molecule has 0 radical (unpaired) electrons. The first-order valence-corrected chi connectivity index (χ1v) is 4.87. The zero-order valence-electron chi connectivity index (χ0n) is 7.63. The molecule has 2 atom stereocenters. The maximum absolute atomic E-state index is 9.58. The summed E-state index contributed by atoms with van der Waals surface area (Å²) in [6.07, 6.45) is 7.29. The van der Waals surface area contributed by atoms with Gasteiger partial charge in [0.25, 0.3) is 0 Å². The van der Waals surface area contributed by atoms with Crippen LogP contribution in [0.4, 0.5) is 0 Å². The van der Waals surface area contributed by atoms with Crippen LogP contribution in [0.25, 0.3) is 0 Å². The molecule has 12 heavy (non-hydrogen) atoms. The van der Waals surface area contributed by atoms with Crippen molar-refractivity contribution in [1.82, 2.24) is 5.32 Å². The summed E-state index contributed by atoms with van der Waals surface area (Å²) >= 11 is 0. The summed E-state index contributed by atoms with van der Waals surface area (Å²) in [5.41, 5.74) is 0. The normalized spacial score (nSPS) is 30.1. The van der Waals surface area contributed by atoms with Gasteiger partial charge < -0.3 is 10.4 Å². The van der Waals surface area contributed by atoms with Crippen LogP contribution in [0.2, 0.25) is 0 Å². The van der Waals surface area contributed by atoms with Gasteiger partial charge in [-0.2, -0.15) is 0 Å². The number of aliphatic hydroxyl groups excluding tert-OH is 1. The number of rotatable bonds is 4. The van der Waals surface area contributed by atoms with E-state index in [0.717, 1.165) is 25.8 Å². The average molecular weight is 169 g/mol. The predicted octanol–water partition coefficient (Wildman–Crippen LogP) is 1.46. The van der Waals surface area contributed by atoms with Gasteiger partial charge in [0.1, 0.15) is 0 Å². The van der Waals surface area contributed by atoms with Gasteiger partial charge in [-0.3, -0.25) is 0 Å². The minimum atomic E-state index is -0.122. The predicted molar refractivity (Wildman–Crippen MR) is 51.1 cm³/mol. The Morgan fingerprint density at radius 3 is 2.83 bits per heavy atom. The van der Waals surface area contributed by atoms with Gasteiger partial charge in [0.2, 0.25) is 0 Å². The molecule has 2 heteroatoms. The molecule has 70 valence electrons. The second-order valence-electron chi connectivity index (χ2n) is 3.49. The molecule has 1 aliphatic rings. The van der Waals surface area contributed by atoms with Crippen LogP contribution in [0.3, 0.4) is 0 Å². The molecule has 0 aromatic carbocycles. The highest BCUT2D eigenvalue weighted by Gasteiger charge is 2.21. The van der Waals surface area contributed by atoms with Crippen LogP contribution in [-0.2, 0) is 0 Å². The third-order valence-corrected chi connectivity index (χ3v) is 2.48. The van der Waals surface area contributed by atoms with Crippen LogP contribution in [0.1, 0.15) is 32.1 Å². The van der Waals surface area contributed by atoms with Crippen molar-refractivity contribution in [2.45, 2.75) is 44.2 Å². The van der Waals surface area contributed by atoms with Crippen molar-refractivity contribution >= 4 is 0 Å². The number of nitrogens with one attached hydrogen (secondary N) is 1. The topological polar surface area (TPSA) is 32.3 Å². The van der Waals surface area contributed by atoms with E-state index in [2.05, 4.69) is 11.9 Å². The van der Waals surface area contributed by atoms with Crippen molar-refractivity contribution in [3.63, 3.8) is 0 Å². The Hall–Kier alpha value is -0.340. The lowest BCUT2D eigenvalue weighted by Gasteiger charge is -2.28. The van der Waals surface area contributed by atoms with E-state index in [-0.39, 0.29) is 6.10 Å². The highest BCUT2D eigenvalue weighted by molar-refractivity contribution is 4.81. The second kappa shape index (κ2) is 5.33. The maximum Gasteiger partial charge on any atom is 0.0693 e. The van der Waals surface area contributed by atoms with E-state index in [0.29, 0.717) is 6.04 Å². The van der Waals surface area contributed by atoms with Gasteiger partial charge in [0.15, 0.2) is 0 Å². The van der Waals surface area contributed by atoms with Crippen molar-refractivity contribution in [3.8, 4) is 0 Å². The molecule has 0 saturated heterocycles. The second-order valence-corrected chi connectivity index (χ2v) is 3.49. The minimum absolute atomic E-state index is 0.122. The fraction of sp³-hybridized carbons (Fsp3) is 0.800. The van der Waals surface area contributed by atoms with Crippen molar-refractivity contribution in [1.29, 1.82) is 0 Å². The highest BCUT2D eigenvalue weighted by Crippen LogP contribution is 2.17. The van der Waals surface area contributed by atoms with E-state index in [1.165, 1.54) is 12.8 Å². The SMILES string of the molecule is C=CCCNC1CCCCC1O. The molecule has 1 fully saturated rings. The minimum Gasteiger partial charge on any atom is -0.392 e. The molecule has 0 aromatic rings. The van der Waals surface area contributed by atoms with Crippen LogP contribution >= 0.6 is 0 Å². The van der Waals surface area contributed by atoms with Crippen molar-refractivity contribution in [2.24, 2.45) is 0 Å². The Morgan fingerprint density at radius 1 is 1.42 bits per heavy atom. The van der Waals surface area contributed by atoms with Crippen LogP contribution in [0.15, 0.2) is 12.7 Å². The highest BCUT2D eigenvalue weighted by atomic mass is 16.3. The molecule has 1 rings (SSSR count). The third-order valence-electron chi connectivity index (χ3n) is 2.48. The first kappa shape index (κ1) is 9.75. The summed E-state index contributed by atoms with van der Waals surface area (Å²) < 4.78 is 0.